The van der Waals surface area contributed by atoms with E-state index in [9.17, 15) is 33.5 Å². The van der Waals surface area contributed by atoms with Gasteiger partial charge in [-0.2, -0.15) is 0 Å². The van der Waals surface area contributed by atoms with Gasteiger partial charge in [-0.1, -0.05) is 91.5 Å². The number of fused-ring (bicyclic) bond motifs is 16. The molecule has 13 heteroatoms. The molecular formula is C44H40FN5O7. The van der Waals surface area contributed by atoms with E-state index < -0.39 is 66.2 Å². The van der Waals surface area contributed by atoms with Crippen molar-refractivity contribution in [3.63, 3.8) is 0 Å². The standard InChI is InChI=1S/C44H40FN5O7/c1-27(30-19-21-46-22-20-30)40-43(54)48-36(23-28-11-15-32(16-12-28)31-7-3-2-4-8-31)41(52)47-37(25-33-9-5-6-10-35(33)45)42(53)49-38(44(55)56)24-29-13-17-34(18-14-29)57-26-39(51)50-40/h2-22,36-38,40H,1,23-26H2,(H,47,52)(H,48,54)(H,49,53)(H,50,51)(H,55,56). The zero-order valence-electron chi connectivity index (χ0n) is 30.7. The van der Waals surface area contributed by atoms with Crippen LogP contribution in [0, 0.1) is 5.82 Å². The molecule has 2 bridgehead atoms. The first-order chi connectivity index (χ1) is 27.5. The lowest BCUT2D eigenvalue weighted by molar-refractivity contribution is -0.142. The average molecular weight is 770 g/mol. The Morgan fingerprint density at radius 3 is 2.02 bits per heavy atom. The Morgan fingerprint density at radius 1 is 0.719 bits per heavy atom. The third kappa shape index (κ3) is 10.5. The Kier molecular flexibility index (Phi) is 12.8. The molecule has 7 rings (SSSR count). The third-order valence-electron chi connectivity index (χ3n) is 9.46. The van der Waals surface area contributed by atoms with Crippen LogP contribution in [0.5, 0.6) is 5.75 Å². The summed E-state index contributed by atoms with van der Waals surface area (Å²) in [5, 5.41) is 20.7. The first-order valence-corrected chi connectivity index (χ1v) is 18.2. The normalized spacial score (nSPS) is 19.3. The molecule has 57 heavy (non-hydrogen) atoms. The van der Waals surface area contributed by atoms with Crippen molar-refractivity contribution in [2.75, 3.05) is 6.61 Å². The number of pyridine rings is 1. The van der Waals surface area contributed by atoms with Crippen LogP contribution in [-0.4, -0.2) is 70.5 Å². The zero-order chi connectivity index (χ0) is 40.3. The average Bonchev–Trinajstić information content (AvgIpc) is 3.22. The summed E-state index contributed by atoms with van der Waals surface area (Å²) in [6.07, 6.45) is 2.45. The van der Waals surface area contributed by atoms with E-state index in [2.05, 4.69) is 32.8 Å². The van der Waals surface area contributed by atoms with Gasteiger partial charge in [0.2, 0.25) is 17.7 Å². The second kappa shape index (κ2) is 18.5. The molecular weight excluding hydrogens is 730 g/mol. The fourth-order valence-corrected chi connectivity index (χ4v) is 6.35. The Bertz CT molecular complexity index is 2240. The summed E-state index contributed by atoms with van der Waals surface area (Å²) in [5.74, 6) is -4.87. The van der Waals surface area contributed by atoms with E-state index >= 15 is 0 Å². The SMILES string of the molecule is C=C(c1ccncc1)C1NC(=O)COc2ccc(cc2)CC(C(=O)O)NC(=O)C(Cc2ccccc2F)NC(=O)C(Cc2ccc(-c3ccccc3)cc2)NC1=O. The van der Waals surface area contributed by atoms with Crippen LogP contribution in [0.4, 0.5) is 4.39 Å². The summed E-state index contributed by atoms with van der Waals surface area (Å²) >= 11 is 0. The third-order valence-corrected chi connectivity index (χ3v) is 9.46. The van der Waals surface area contributed by atoms with Gasteiger partial charge in [0.1, 0.15) is 35.7 Å². The van der Waals surface area contributed by atoms with Gasteiger partial charge >= 0.3 is 5.97 Å². The van der Waals surface area contributed by atoms with Crippen molar-refractivity contribution < 1.29 is 38.2 Å². The highest BCUT2D eigenvalue weighted by molar-refractivity contribution is 6.01. The number of aliphatic carboxylic acids is 1. The number of hydrogen-bond donors (Lipinski definition) is 5. The topological polar surface area (TPSA) is 176 Å². The number of nitrogens with zero attached hydrogens (tertiary/aromatic N) is 1. The van der Waals surface area contributed by atoms with Crippen LogP contribution in [0.25, 0.3) is 16.7 Å². The van der Waals surface area contributed by atoms with E-state index in [1.807, 2.05) is 42.5 Å². The summed E-state index contributed by atoms with van der Waals surface area (Å²) in [5.41, 5.74) is 3.82. The minimum atomic E-state index is -1.48. The molecule has 0 saturated carbocycles. The number of hydrogen-bond acceptors (Lipinski definition) is 7. The monoisotopic (exact) mass is 769 g/mol. The van der Waals surface area contributed by atoms with Crippen molar-refractivity contribution in [2.45, 2.75) is 43.4 Å². The fraction of sp³-hybridized carbons (Fsp3) is 0.182. The number of carboxylic acid groups (broad SMARTS) is 1. The van der Waals surface area contributed by atoms with Crippen molar-refractivity contribution in [2.24, 2.45) is 0 Å². The summed E-state index contributed by atoms with van der Waals surface area (Å²) in [6.45, 7) is 3.60. The number of ether oxygens (including phenoxy) is 1. The quantitative estimate of drug-likeness (QED) is 0.147. The molecule has 2 aliphatic heterocycles. The van der Waals surface area contributed by atoms with Crippen molar-refractivity contribution in [3.8, 4) is 16.9 Å². The van der Waals surface area contributed by atoms with Crippen molar-refractivity contribution >= 4 is 35.2 Å². The van der Waals surface area contributed by atoms with E-state index in [1.54, 1.807) is 42.5 Å². The molecule has 12 nitrogen and oxygen atoms in total. The maximum Gasteiger partial charge on any atom is 0.326 e. The van der Waals surface area contributed by atoms with Crippen LogP contribution < -0.4 is 26.0 Å². The van der Waals surface area contributed by atoms with Crippen molar-refractivity contribution in [1.29, 1.82) is 0 Å². The molecule has 5 aromatic rings. The molecule has 2 aliphatic rings. The molecule has 0 saturated heterocycles. The first kappa shape index (κ1) is 39.5. The predicted molar refractivity (Wildman–Crippen MR) is 210 cm³/mol. The summed E-state index contributed by atoms with van der Waals surface area (Å²) in [4.78, 5) is 72.3. The van der Waals surface area contributed by atoms with Crippen LogP contribution in [0.1, 0.15) is 22.3 Å². The van der Waals surface area contributed by atoms with Gasteiger partial charge in [0, 0.05) is 31.7 Å². The maximum atomic E-state index is 15.0. The van der Waals surface area contributed by atoms with Crippen LogP contribution in [0.15, 0.2) is 134 Å². The number of aromatic nitrogens is 1. The summed E-state index contributed by atoms with van der Waals surface area (Å²) in [7, 11) is 0. The molecule has 5 N–H and O–H groups in total. The molecule has 0 radical (unpaired) electrons. The number of carbonyl (C=O) groups is 5. The largest absolute Gasteiger partial charge is 0.484 e. The van der Waals surface area contributed by atoms with Gasteiger partial charge in [0.05, 0.1) is 0 Å². The lowest BCUT2D eigenvalue weighted by atomic mass is 9.97. The highest BCUT2D eigenvalue weighted by Crippen LogP contribution is 2.21. The van der Waals surface area contributed by atoms with Gasteiger partial charge < -0.3 is 31.1 Å². The maximum absolute atomic E-state index is 15.0. The molecule has 4 amide bonds. The van der Waals surface area contributed by atoms with Crippen LogP contribution in [0.2, 0.25) is 0 Å². The second-order valence-corrected chi connectivity index (χ2v) is 13.5. The molecule has 1 aromatic heterocycles. The van der Waals surface area contributed by atoms with Gasteiger partial charge in [0.15, 0.2) is 6.61 Å². The van der Waals surface area contributed by atoms with Crippen LogP contribution in [-0.2, 0) is 43.2 Å². The first-order valence-electron chi connectivity index (χ1n) is 18.2. The van der Waals surface area contributed by atoms with Crippen LogP contribution >= 0.6 is 0 Å². The van der Waals surface area contributed by atoms with Gasteiger partial charge in [-0.05, 0) is 69.3 Å². The zero-order valence-corrected chi connectivity index (χ0v) is 30.7. The van der Waals surface area contributed by atoms with E-state index in [1.165, 1.54) is 42.7 Å². The van der Waals surface area contributed by atoms with Crippen molar-refractivity contribution in [1.82, 2.24) is 26.3 Å². The smallest absolute Gasteiger partial charge is 0.326 e. The van der Waals surface area contributed by atoms with Gasteiger partial charge in [-0.3, -0.25) is 24.2 Å². The molecule has 4 unspecified atom stereocenters. The number of amides is 4. The number of carbonyl (C=O) groups excluding carboxylic acids is 4. The van der Waals surface area contributed by atoms with Crippen LogP contribution in [0.3, 0.4) is 0 Å². The fourth-order valence-electron chi connectivity index (χ4n) is 6.35. The molecule has 0 fully saturated rings. The van der Waals surface area contributed by atoms with Crippen molar-refractivity contribution in [3.05, 3.63) is 162 Å². The molecule has 290 valence electrons. The Balaban J connectivity index is 1.38. The summed E-state index contributed by atoms with van der Waals surface area (Å²) < 4.78 is 20.7. The predicted octanol–water partition coefficient (Wildman–Crippen LogP) is 4.05. The Hall–Kier alpha value is -7.15. The number of carboxylic acids is 1. The minimum Gasteiger partial charge on any atom is -0.484 e. The molecule has 0 spiro atoms. The van der Waals surface area contributed by atoms with E-state index in [0.29, 0.717) is 16.7 Å². The lowest BCUT2D eigenvalue weighted by Crippen LogP contribution is -2.59. The van der Waals surface area contributed by atoms with Gasteiger partial charge in [0.25, 0.3) is 5.91 Å². The van der Waals surface area contributed by atoms with E-state index in [-0.39, 0.29) is 36.1 Å². The molecule has 4 atom stereocenters. The number of rotatable bonds is 8. The molecule has 3 heterocycles. The molecule has 4 aromatic carbocycles. The van der Waals surface area contributed by atoms with E-state index in [4.69, 9.17) is 4.74 Å². The number of benzene rings is 4. The van der Waals surface area contributed by atoms with Gasteiger partial charge in [-0.15, -0.1) is 0 Å². The minimum absolute atomic E-state index is 0.0715. The molecule has 0 aliphatic carbocycles. The highest BCUT2D eigenvalue weighted by Gasteiger charge is 2.33. The number of nitrogens with one attached hydrogen (secondary N) is 4. The highest BCUT2D eigenvalue weighted by atomic mass is 19.1. The van der Waals surface area contributed by atoms with E-state index in [0.717, 1.165) is 11.1 Å². The lowest BCUT2D eigenvalue weighted by Gasteiger charge is -2.27. The summed E-state index contributed by atoms with van der Waals surface area (Å²) in [6, 6.07) is 26.5. The number of halogens is 1. The Labute approximate surface area is 328 Å². The Morgan fingerprint density at radius 2 is 1.33 bits per heavy atom. The van der Waals surface area contributed by atoms with Gasteiger partial charge in [-0.25, -0.2) is 9.18 Å². The second-order valence-electron chi connectivity index (χ2n) is 13.5.